The number of nitrogens with zero attached hydrogens (tertiary/aromatic N) is 1. The summed E-state index contributed by atoms with van der Waals surface area (Å²) in [6.45, 7) is 2.43. The van der Waals surface area contributed by atoms with Crippen LogP contribution < -0.4 is 14.4 Å². The van der Waals surface area contributed by atoms with Gasteiger partial charge in [0.2, 0.25) is 0 Å². The summed E-state index contributed by atoms with van der Waals surface area (Å²) in [6, 6.07) is 9.09. The van der Waals surface area contributed by atoms with Crippen LogP contribution in [0.25, 0.3) is 6.08 Å². The number of thioether (sulfide) groups is 1. The zero-order chi connectivity index (χ0) is 20.4. The van der Waals surface area contributed by atoms with Gasteiger partial charge in [-0.3, -0.25) is 9.69 Å². The van der Waals surface area contributed by atoms with Gasteiger partial charge in [0.1, 0.15) is 0 Å². The Bertz CT molecular complexity index is 999. The number of benzene rings is 2. The smallest absolute Gasteiger partial charge is 0.270 e. The first-order valence-electron chi connectivity index (χ1n) is 8.09. The number of halogens is 3. The molecule has 0 radical (unpaired) electrons. The highest BCUT2D eigenvalue weighted by Gasteiger charge is 2.33. The average Bonchev–Trinajstić information content (AvgIpc) is 2.91. The van der Waals surface area contributed by atoms with Crippen molar-refractivity contribution in [2.45, 2.75) is 6.92 Å². The fourth-order valence-electron chi connectivity index (χ4n) is 2.60. The van der Waals surface area contributed by atoms with E-state index in [-0.39, 0.29) is 5.91 Å². The van der Waals surface area contributed by atoms with Gasteiger partial charge in [0.05, 0.1) is 32.9 Å². The molecule has 1 heterocycles. The summed E-state index contributed by atoms with van der Waals surface area (Å²) >= 11 is 18.4. The van der Waals surface area contributed by atoms with E-state index in [1.54, 1.807) is 25.3 Å². The summed E-state index contributed by atoms with van der Waals surface area (Å²) in [5.41, 5.74) is 1.47. The van der Waals surface area contributed by atoms with Crippen LogP contribution in [0.4, 0.5) is 5.69 Å². The number of rotatable bonds is 5. The lowest BCUT2D eigenvalue weighted by molar-refractivity contribution is -0.113. The number of hydrogen-bond donors (Lipinski definition) is 0. The van der Waals surface area contributed by atoms with Crippen molar-refractivity contribution in [3.63, 3.8) is 0 Å². The van der Waals surface area contributed by atoms with Gasteiger partial charge in [-0.2, -0.15) is 0 Å². The lowest BCUT2D eigenvalue weighted by Gasteiger charge is -2.15. The molecule has 0 saturated carbocycles. The number of ether oxygens (including phenoxy) is 2. The van der Waals surface area contributed by atoms with Crippen LogP contribution in [0.2, 0.25) is 5.02 Å². The average molecular weight is 611 g/mol. The van der Waals surface area contributed by atoms with Gasteiger partial charge >= 0.3 is 0 Å². The van der Waals surface area contributed by atoms with Gasteiger partial charge in [-0.1, -0.05) is 35.6 Å². The summed E-state index contributed by atoms with van der Waals surface area (Å²) in [4.78, 5) is 15.0. The molecule has 0 spiro atoms. The van der Waals surface area contributed by atoms with E-state index in [0.717, 1.165) is 13.6 Å². The minimum atomic E-state index is -0.183. The molecular weight excluding hydrogens is 597 g/mol. The normalized spacial score (nSPS) is 15.5. The van der Waals surface area contributed by atoms with Crippen LogP contribution in [0.5, 0.6) is 11.5 Å². The lowest BCUT2D eigenvalue weighted by atomic mass is 10.1. The van der Waals surface area contributed by atoms with E-state index >= 15 is 0 Å². The Hall–Kier alpha value is -0.810. The number of hydrogen-bond acceptors (Lipinski definition) is 5. The summed E-state index contributed by atoms with van der Waals surface area (Å²) in [5.74, 6) is 1.13. The number of anilines is 1. The van der Waals surface area contributed by atoms with Crippen LogP contribution in [0, 0.1) is 3.57 Å². The molecule has 1 aliphatic rings. The molecule has 4 nitrogen and oxygen atoms in total. The zero-order valence-electron chi connectivity index (χ0n) is 14.8. The molecular formula is C19H14BrClINO3S2. The van der Waals surface area contributed by atoms with E-state index in [4.69, 9.17) is 33.3 Å². The standard InChI is InChI=1S/C19H14BrClINO3S2/c1-3-26-15-7-10(6-14(22)17(15)25-2)8-16-18(24)23(19(27)28-16)11-4-5-12(20)13(21)9-11/h4-9H,3H2,1-2H3/b16-8+. The van der Waals surface area contributed by atoms with Crippen molar-refractivity contribution < 1.29 is 14.3 Å². The topological polar surface area (TPSA) is 38.8 Å². The zero-order valence-corrected chi connectivity index (χ0v) is 20.9. The summed E-state index contributed by atoms with van der Waals surface area (Å²) < 4.78 is 13.2. The molecule has 0 atom stereocenters. The molecule has 28 heavy (non-hydrogen) atoms. The molecule has 0 bridgehead atoms. The summed E-state index contributed by atoms with van der Waals surface area (Å²) in [6.07, 6.45) is 1.81. The molecule has 0 unspecified atom stereocenters. The molecule has 1 fully saturated rings. The second kappa shape index (κ2) is 9.34. The number of thiocarbonyl (C=S) groups is 1. The highest BCUT2D eigenvalue weighted by Crippen LogP contribution is 2.39. The Kier molecular flexibility index (Phi) is 7.30. The second-order valence-corrected chi connectivity index (χ2v) is 9.68. The third kappa shape index (κ3) is 4.51. The van der Waals surface area contributed by atoms with Crippen LogP contribution in [0.15, 0.2) is 39.7 Å². The van der Waals surface area contributed by atoms with Gasteiger partial charge in [-0.05, 0) is 87.4 Å². The maximum Gasteiger partial charge on any atom is 0.270 e. The quantitative estimate of drug-likeness (QED) is 0.219. The van der Waals surface area contributed by atoms with Gasteiger partial charge < -0.3 is 9.47 Å². The second-order valence-electron chi connectivity index (χ2n) is 5.58. The number of carbonyl (C=O) groups is 1. The Labute approximate surface area is 199 Å². The van der Waals surface area contributed by atoms with Crippen LogP contribution in [-0.2, 0) is 4.79 Å². The van der Waals surface area contributed by atoms with E-state index in [1.165, 1.54) is 16.7 Å². The fraction of sp³-hybridized carbons (Fsp3) is 0.158. The van der Waals surface area contributed by atoms with Crippen molar-refractivity contribution in [1.82, 2.24) is 0 Å². The fourth-order valence-corrected chi connectivity index (χ4v) is 5.16. The molecule has 146 valence electrons. The van der Waals surface area contributed by atoms with Gasteiger partial charge in [-0.15, -0.1) is 0 Å². The Morgan fingerprint density at radius 2 is 2.11 bits per heavy atom. The molecule has 9 heteroatoms. The van der Waals surface area contributed by atoms with Gasteiger partial charge in [0.15, 0.2) is 15.8 Å². The van der Waals surface area contributed by atoms with Crippen LogP contribution in [-0.4, -0.2) is 23.9 Å². The highest BCUT2D eigenvalue weighted by molar-refractivity contribution is 14.1. The minimum absolute atomic E-state index is 0.183. The molecule has 0 N–H and O–H groups in total. The molecule has 1 aliphatic heterocycles. The van der Waals surface area contributed by atoms with Crippen molar-refractivity contribution in [2.75, 3.05) is 18.6 Å². The monoisotopic (exact) mass is 609 g/mol. The van der Waals surface area contributed by atoms with E-state index in [2.05, 4.69) is 38.5 Å². The third-order valence-electron chi connectivity index (χ3n) is 3.79. The van der Waals surface area contributed by atoms with Gasteiger partial charge in [-0.25, -0.2) is 0 Å². The highest BCUT2D eigenvalue weighted by atomic mass is 127. The molecule has 2 aromatic carbocycles. The Morgan fingerprint density at radius 3 is 2.75 bits per heavy atom. The third-order valence-corrected chi connectivity index (χ3v) is 7.12. The number of amides is 1. The molecule has 0 aliphatic carbocycles. The minimum Gasteiger partial charge on any atom is -0.492 e. The molecule has 0 aromatic heterocycles. The Balaban J connectivity index is 1.96. The lowest BCUT2D eigenvalue weighted by Crippen LogP contribution is -2.27. The first-order valence-corrected chi connectivity index (χ1v) is 11.6. The van der Waals surface area contributed by atoms with E-state index < -0.39 is 0 Å². The predicted molar refractivity (Wildman–Crippen MR) is 132 cm³/mol. The maximum atomic E-state index is 13.0. The largest absolute Gasteiger partial charge is 0.492 e. The molecule has 3 rings (SSSR count). The van der Waals surface area contributed by atoms with Crippen molar-refractivity contribution in [3.8, 4) is 11.5 Å². The predicted octanol–water partition coefficient (Wildman–Crippen LogP) is 6.52. The van der Waals surface area contributed by atoms with E-state index in [1.807, 2.05) is 25.1 Å². The molecule has 1 amide bonds. The SMILES string of the molecule is CCOc1cc(/C=C2/SC(=S)N(c3ccc(Br)c(Cl)c3)C2=O)cc(I)c1OC. The van der Waals surface area contributed by atoms with Gasteiger partial charge in [0, 0.05) is 4.47 Å². The maximum absolute atomic E-state index is 13.0. The first kappa shape index (κ1) is 21.9. The number of methoxy groups -OCH3 is 1. The molecule has 2 aromatic rings. The Morgan fingerprint density at radius 1 is 1.36 bits per heavy atom. The van der Waals surface area contributed by atoms with Crippen LogP contribution >= 0.6 is 74.1 Å². The summed E-state index contributed by atoms with van der Waals surface area (Å²) in [7, 11) is 1.61. The first-order chi connectivity index (χ1) is 13.3. The van der Waals surface area contributed by atoms with E-state index in [9.17, 15) is 4.79 Å². The van der Waals surface area contributed by atoms with Crippen molar-refractivity contribution in [2.24, 2.45) is 0 Å². The van der Waals surface area contributed by atoms with Crippen LogP contribution in [0.3, 0.4) is 0 Å². The van der Waals surface area contributed by atoms with Crippen molar-refractivity contribution >= 4 is 96.1 Å². The van der Waals surface area contributed by atoms with E-state index in [0.29, 0.717) is 38.0 Å². The summed E-state index contributed by atoms with van der Waals surface area (Å²) in [5, 5.41) is 0.515. The van der Waals surface area contributed by atoms with Gasteiger partial charge in [0.25, 0.3) is 5.91 Å². The molecule has 1 saturated heterocycles. The number of carbonyl (C=O) groups excluding carboxylic acids is 1. The van der Waals surface area contributed by atoms with Crippen LogP contribution in [0.1, 0.15) is 12.5 Å². The van der Waals surface area contributed by atoms with Crippen molar-refractivity contribution in [3.05, 3.63) is 53.9 Å². The van der Waals surface area contributed by atoms with Crippen molar-refractivity contribution in [1.29, 1.82) is 0 Å².